The lowest BCUT2D eigenvalue weighted by molar-refractivity contribution is -0.0517. The number of nitrogens with zero attached hydrogens (tertiary/aromatic N) is 1. The van der Waals surface area contributed by atoms with Gasteiger partial charge in [0.2, 0.25) is 0 Å². The Bertz CT molecular complexity index is 925. The van der Waals surface area contributed by atoms with Crippen LogP contribution in [0.4, 0.5) is 13.2 Å². The monoisotopic (exact) mass is 419 g/mol. The average Bonchev–Trinajstić information content (AvgIpc) is 2.53. The van der Waals surface area contributed by atoms with Gasteiger partial charge in [0, 0.05) is 21.7 Å². The predicted octanol–water partition coefficient (Wildman–Crippen LogP) is 4.56. The van der Waals surface area contributed by atoms with Gasteiger partial charge in [-0.25, -0.2) is 8.42 Å². The van der Waals surface area contributed by atoms with Crippen molar-refractivity contribution in [3.05, 3.63) is 42.0 Å². The Kier molecular flexibility index (Phi) is 7.72. The fourth-order valence-corrected chi connectivity index (χ4v) is 5.39. The molecule has 0 unspecified atom stereocenters. The van der Waals surface area contributed by atoms with Crippen molar-refractivity contribution in [2.45, 2.75) is 48.6 Å². The van der Waals surface area contributed by atoms with E-state index in [0.29, 0.717) is 10.5 Å². The molecule has 0 aliphatic rings. The summed E-state index contributed by atoms with van der Waals surface area (Å²) in [5, 5.41) is 12.8. The lowest BCUT2D eigenvalue weighted by Gasteiger charge is -2.17. The minimum atomic E-state index is -6.09. The first-order valence-electron chi connectivity index (χ1n) is 7.97. The predicted molar refractivity (Wildman–Crippen MR) is 100 cm³/mol. The molecule has 0 aliphatic carbocycles. The molecule has 0 saturated heterocycles. The van der Waals surface area contributed by atoms with E-state index in [2.05, 4.69) is 58.0 Å². The van der Waals surface area contributed by atoms with Crippen LogP contribution in [0.25, 0.3) is 10.8 Å². The Labute approximate surface area is 160 Å². The van der Waals surface area contributed by atoms with Gasteiger partial charge in [0.25, 0.3) is 0 Å². The summed E-state index contributed by atoms with van der Waals surface area (Å²) in [6.45, 7) is 9.15. The number of benzene rings is 2. The number of hydrogen-bond donors (Lipinski definition) is 0. The summed E-state index contributed by atoms with van der Waals surface area (Å²) in [6, 6.07) is 14.7. The third-order valence-electron chi connectivity index (χ3n) is 3.56. The minimum Gasteiger partial charge on any atom is -0.741 e. The molecule has 2 aromatic rings. The summed E-state index contributed by atoms with van der Waals surface area (Å²) in [5.74, 6) is 0. The van der Waals surface area contributed by atoms with Crippen LogP contribution in [-0.4, -0.2) is 29.0 Å². The smallest absolute Gasteiger partial charge is 0.485 e. The Morgan fingerprint density at radius 1 is 1.00 bits per heavy atom. The average molecular weight is 419 g/mol. The van der Waals surface area contributed by atoms with Crippen LogP contribution in [0, 0.1) is 11.3 Å². The quantitative estimate of drug-likeness (QED) is 0.415. The van der Waals surface area contributed by atoms with Gasteiger partial charge in [0.05, 0.1) is 11.6 Å². The standard InChI is InChI=1S/C17H20NS.CHF3O3S/c1-12(2)19(13(3)4)17-10-9-14(11-18)15-7-5-6-8-16(15)17;2-1(3,4)8(5,6)7/h5-10,12-13H,1-4H3;(H,5,6,7)/q+1;/p-1. The van der Waals surface area contributed by atoms with E-state index in [-0.39, 0.29) is 10.9 Å². The minimum absolute atomic E-state index is 0.214. The normalized spacial score (nSPS) is 12.2. The lowest BCUT2D eigenvalue weighted by atomic mass is 10.1. The molecule has 2 aromatic carbocycles. The highest BCUT2D eigenvalue weighted by Crippen LogP contribution is 2.32. The van der Waals surface area contributed by atoms with E-state index in [0.717, 1.165) is 10.9 Å². The first-order valence-corrected chi connectivity index (χ1v) is 10.7. The van der Waals surface area contributed by atoms with E-state index in [4.69, 9.17) is 13.0 Å². The molecule has 0 aromatic heterocycles. The second-order valence-corrected chi connectivity index (χ2v) is 10.6. The summed E-state index contributed by atoms with van der Waals surface area (Å²) in [7, 11) is -5.88. The molecule has 4 nitrogen and oxygen atoms in total. The molecule has 0 bridgehead atoms. The highest BCUT2D eigenvalue weighted by Gasteiger charge is 2.37. The van der Waals surface area contributed by atoms with Crippen molar-refractivity contribution in [3.63, 3.8) is 0 Å². The molecule has 148 valence electrons. The molecule has 0 spiro atoms. The molecule has 0 aliphatic heterocycles. The maximum atomic E-state index is 10.7. The fourth-order valence-electron chi connectivity index (χ4n) is 2.63. The molecule has 0 saturated carbocycles. The number of halogens is 3. The van der Waals surface area contributed by atoms with Crippen molar-refractivity contribution in [2.75, 3.05) is 0 Å². The highest BCUT2D eigenvalue weighted by molar-refractivity contribution is 7.98. The molecule has 27 heavy (non-hydrogen) atoms. The van der Waals surface area contributed by atoms with E-state index in [1.807, 2.05) is 12.1 Å². The van der Waals surface area contributed by atoms with Gasteiger partial charge < -0.3 is 4.55 Å². The highest BCUT2D eigenvalue weighted by atomic mass is 32.2. The van der Waals surface area contributed by atoms with Crippen LogP contribution in [-0.2, 0) is 21.0 Å². The van der Waals surface area contributed by atoms with Crippen LogP contribution in [0.3, 0.4) is 0 Å². The van der Waals surface area contributed by atoms with Crippen LogP contribution >= 0.6 is 0 Å². The third kappa shape index (κ3) is 5.86. The Balaban J connectivity index is 0.000000387. The maximum absolute atomic E-state index is 10.7. The number of hydrogen-bond acceptors (Lipinski definition) is 4. The largest absolute Gasteiger partial charge is 0.741 e. The number of rotatable bonds is 3. The molecule has 9 heteroatoms. The van der Waals surface area contributed by atoms with E-state index in [1.54, 1.807) is 0 Å². The van der Waals surface area contributed by atoms with Gasteiger partial charge in [-0.05, 0) is 45.9 Å². The van der Waals surface area contributed by atoms with Crippen LogP contribution in [0.1, 0.15) is 33.3 Å². The van der Waals surface area contributed by atoms with Gasteiger partial charge in [0.15, 0.2) is 15.0 Å². The van der Waals surface area contributed by atoms with Crippen molar-refractivity contribution in [1.82, 2.24) is 0 Å². The lowest BCUT2D eigenvalue weighted by Crippen LogP contribution is -2.24. The molecule has 0 heterocycles. The molecule has 0 fully saturated rings. The summed E-state index contributed by atoms with van der Waals surface area (Å²) in [4.78, 5) is 1.40. The van der Waals surface area contributed by atoms with Gasteiger partial charge in [-0.1, -0.05) is 18.2 Å². The van der Waals surface area contributed by atoms with E-state index in [9.17, 15) is 18.4 Å². The topological polar surface area (TPSA) is 81.0 Å². The number of alkyl halides is 3. The van der Waals surface area contributed by atoms with Crippen molar-refractivity contribution < 1.29 is 26.1 Å². The second-order valence-electron chi connectivity index (χ2n) is 6.14. The van der Waals surface area contributed by atoms with Crippen molar-refractivity contribution in [2.24, 2.45) is 0 Å². The molecule has 0 radical (unpaired) electrons. The van der Waals surface area contributed by atoms with Crippen molar-refractivity contribution >= 4 is 31.8 Å². The summed E-state index contributed by atoms with van der Waals surface area (Å²) < 4.78 is 58.9. The maximum Gasteiger partial charge on any atom is 0.485 e. The van der Waals surface area contributed by atoms with Gasteiger partial charge in [0.1, 0.15) is 10.5 Å². The Morgan fingerprint density at radius 2 is 1.44 bits per heavy atom. The molecule has 0 N–H and O–H groups in total. The Hall–Kier alpha value is -1.76. The van der Waals surface area contributed by atoms with Gasteiger partial charge in [-0.15, -0.1) is 0 Å². The first-order chi connectivity index (χ1) is 12.3. The van der Waals surface area contributed by atoms with Crippen molar-refractivity contribution in [3.8, 4) is 6.07 Å². The summed E-state index contributed by atoms with van der Waals surface area (Å²) in [5.41, 5.74) is -4.87. The third-order valence-corrected chi connectivity index (χ3v) is 7.02. The van der Waals surface area contributed by atoms with Crippen LogP contribution in [0.15, 0.2) is 41.3 Å². The SMILES string of the molecule is CC(C)[S+](c1ccc(C#N)c2ccccc12)C(C)C.O=S(=O)([O-])C(F)(F)F. The second kappa shape index (κ2) is 8.95. The summed E-state index contributed by atoms with van der Waals surface area (Å²) in [6.07, 6.45) is 0. The van der Waals surface area contributed by atoms with E-state index >= 15 is 0 Å². The van der Waals surface area contributed by atoms with Gasteiger partial charge >= 0.3 is 5.51 Å². The van der Waals surface area contributed by atoms with Crippen LogP contribution in [0.2, 0.25) is 0 Å². The number of fused-ring (bicyclic) bond motifs is 1. The fraction of sp³-hybridized carbons (Fsp3) is 0.389. The molecule has 0 atom stereocenters. The zero-order chi connectivity index (χ0) is 21.0. The van der Waals surface area contributed by atoms with Crippen molar-refractivity contribution in [1.29, 1.82) is 5.26 Å². The molecule has 0 amide bonds. The van der Waals surface area contributed by atoms with E-state index in [1.165, 1.54) is 10.3 Å². The number of nitriles is 1. The molecular weight excluding hydrogens is 399 g/mol. The van der Waals surface area contributed by atoms with Crippen LogP contribution in [0.5, 0.6) is 0 Å². The molecule has 2 rings (SSSR count). The molecular formula is C18H20F3NO3S2. The zero-order valence-corrected chi connectivity index (χ0v) is 16.9. The van der Waals surface area contributed by atoms with Gasteiger partial charge in [-0.3, -0.25) is 0 Å². The zero-order valence-electron chi connectivity index (χ0n) is 15.2. The summed E-state index contributed by atoms with van der Waals surface area (Å²) >= 11 is 0. The first kappa shape index (κ1) is 23.3. The van der Waals surface area contributed by atoms with Gasteiger partial charge in [-0.2, -0.15) is 18.4 Å². The Morgan fingerprint density at radius 3 is 1.81 bits per heavy atom. The van der Waals surface area contributed by atoms with E-state index < -0.39 is 15.6 Å². The van der Waals surface area contributed by atoms with Crippen LogP contribution < -0.4 is 0 Å².